The third kappa shape index (κ3) is 5.37. The largest absolute Gasteiger partial charge is 0.454 e. The number of hydrogen-bond donors (Lipinski definition) is 2. The fraction of sp³-hybridized carbons (Fsp3) is 0.189. The van der Waals surface area contributed by atoms with Gasteiger partial charge in [-0.3, -0.25) is 9.59 Å². The quantitative estimate of drug-likeness (QED) is 0.174. The van der Waals surface area contributed by atoms with E-state index in [2.05, 4.69) is 24.1 Å². The second kappa shape index (κ2) is 11.2. The number of amides is 1. The molecule has 4 aromatic carbocycles. The number of hydrogen-bond acceptors (Lipinski definition) is 3. The lowest BCUT2D eigenvalue weighted by molar-refractivity contribution is 0.0959. The van der Waals surface area contributed by atoms with Gasteiger partial charge in [0, 0.05) is 52.2 Å². The van der Waals surface area contributed by atoms with Crippen LogP contribution in [0.3, 0.4) is 0 Å². The normalized spacial score (nSPS) is 11.7. The molecule has 2 aromatic heterocycles. The summed E-state index contributed by atoms with van der Waals surface area (Å²) in [5, 5.41) is 5.08. The summed E-state index contributed by atoms with van der Waals surface area (Å²) in [6, 6.07) is 27.5. The van der Waals surface area contributed by atoms with Crippen molar-refractivity contribution in [1.82, 2.24) is 10.3 Å². The van der Waals surface area contributed by atoms with Gasteiger partial charge in [-0.05, 0) is 60.2 Å². The molecular weight excluding hydrogens is 556 g/mol. The van der Waals surface area contributed by atoms with E-state index in [4.69, 9.17) is 16.0 Å². The number of carbonyl (C=O) groups excluding carboxylic acids is 2. The van der Waals surface area contributed by atoms with E-state index in [-0.39, 0.29) is 17.1 Å². The van der Waals surface area contributed by atoms with Gasteiger partial charge >= 0.3 is 0 Å². The van der Waals surface area contributed by atoms with Crippen LogP contribution in [-0.4, -0.2) is 23.7 Å². The average Bonchev–Trinajstić information content (AvgIpc) is 3.65. The summed E-state index contributed by atoms with van der Waals surface area (Å²) in [7, 11) is 1.62. The van der Waals surface area contributed by atoms with E-state index in [1.54, 1.807) is 7.05 Å². The molecule has 1 amide bonds. The number of benzene rings is 4. The van der Waals surface area contributed by atoms with Crippen molar-refractivity contribution < 1.29 is 14.0 Å². The number of aromatic amines is 1. The Hall–Kier alpha value is -4.61. The minimum Gasteiger partial charge on any atom is -0.454 e. The van der Waals surface area contributed by atoms with Crippen LogP contribution in [0.5, 0.6) is 0 Å². The van der Waals surface area contributed by atoms with Crippen molar-refractivity contribution >= 4 is 45.2 Å². The van der Waals surface area contributed by atoms with Crippen LogP contribution in [0, 0.1) is 6.92 Å². The Labute approximate surface area is 255 Å². The van der Waals surface area contributed by atoms with Crippen LogP contribution in [0.15, 0.2) is 95.5 Å². The SMILES string of the molecule is CNC(=O)c1c(-c2ccc(C)cc2)oc2c1cc(-c1cccc(C(=O)CCC(C)(C)c3ccc(Cl)cc3)c1)c1[nH]ccc12. The first-order valence-electron chi connectivity index (χ1n) is 14.4. The number of Topliss-reactive ketones (excluding diaryl/α,β-unsaturated/α-hetero) is 1. The maximum absolute atomic E-state index is 13.5. The first-order valence-corrected chi connectivity index (χ1v) is 14.8. The summed E-state index contributed by atoms with van der Waals surface area (Å²) in [5.41, 5.74) is 7.39. The number of ketones is 1. The van der Waals surface area contributed by atoms with Gasteiger partial charge in [-0.25, -0.2) is 0 Å². The third-order valence-corrected chi connectivity index (χ3v) is 8.61. The minimum atomic E-state index is -0.220. The molecule has 0 fully saturated rings. The Bertz CT molecular complexity index is 1980. The van der Waals surface area contributed by atoms with E-state index >= 15 is 0 Å². The monoisotopic (exact) mass is 588 g/mol. The average molecular weight is 589 g/mol. The second-order valence-electron chi connectivity index (χ2n) is 11.7. The fourth-order valence-corrected chi connectivity index (χ4v) is 5.87. The van der Waals surface area contributed by atoms with Crippen molar-refractivity contribution in [3.8, 4) is 22.5 Å². The Morgan fingerprint density at radius 1 is 0.907 bits per heavy atom. The van der Waals surface area contributed by atoms with Gasteiger partial charge < -0.3 is 14.7 Å². The molecule has 0 aliphatic carbocycles. The van der Waals surface area contributed by atoms with Crippen LogP contribution in [0.25, 0.3) is 44.3 Å². The van der Waals surface area contributed by atoms with Gasteiger partial charge in [-0.15, -0.1) is 0 Å². The third-order valence-electron chi connectivity index (χ3n) is 8.36. The minimum absolute atomic E-state index is 0.0868. The van der Waals surface area contributed by atoms with Crippen molar-refractivity contribution in [2.24, 2.45) is 0 Å². The lowest BCUT2D eigenvalue weighted by atomic mass is 9.79. The predicted molar refractivity (Wildman–Crippen MR) is 175 cm³/mol. The number of nitrogens with one attached hydrogen (secondary N) is 2. The Morgan fingerprint density at radius 2 is 1.65 bits per heavy atom. The van der Waals surface area contributed by atoms with Crippen molar-refractivity contribution in [1.29, 1.82) is 0 Å². The predicted octanol–water partition coefficient (Wildman–Crippen LogP) is 9.51. The van der Waals surface area contributed by atoms with Crippen molar-refractivity contribution in [2.45, 2.75) is 39.0 Å². The molecule has 0 saturated heterocycles. The zero-order chi connectivity index (χ0) is 30.3. The molecule has 0 aliphatic rings. The van der Waals surface area contributed by atoms with E-state index in [1.807, 2.05) is 98.0 Å². The summed E-state index contributed by atoms with van der Waals surface area (Å²) in [6.45, 7) is 6.32. The van der Waals surface area contributed by atoms with Crippen LogP contribution in [0.4, 0.5) is 0 Å². The fourth-order valence-electron chi connectivity index (χ4n) is 5.74. The molecule has 43 heavy (non-hydrogen) atoms. The highest BCUT2D eigenvalue weighted by Gasteiger charge is 2.26. The van der Waals surface area contributed by atoms with Crippen molar-refractivity contribution in [2.75, 3.05) is 7.05 Å². The maximum Gasteiger partial charge on any atom is 0.255 e. The van der Waals surface area contributed by atoms with Crippen LogP contribution < -0.4 is 5.32 Å². The second-order valence-corrected chi connectivity index (χ2v) is 12.1. The molecule has 0 spiro atoms. The number of fused-ring (bicyclic) bond motifs is 3. The molecule has 216 valence electrons. The molecule has 5 nitrogen and oxygen atoms in total. The van der Waals surface area contributed by atoms with Crippen molar-refractivity contribution in [3.63, 3.8) is 0 Å². The maximum atomic E-state index is 13.5. The molecule has 6 heteroatoms. The van der Waals surface area contributed by atoms with Crippen LogP contribution in [-0.2, 0) is 5.41 Å². The van der Waals surface area contributed by atoms with Gasteiger partial charge in [0.1, 0.15) is 11.3 Å². The topological polar surface area (TPSA) is 75.1 Å². The molecule has 2 heterocycles. The van der Waals surface area contributed by atoms with Gasteiger partial charge in [0.15, 0.2) is 5.78 Å². The van der Waals surface area contributed by atoms with Crippen LogP contribution in [0.2, 0.25) is 5.02 Å². The Morgan fingerprint density at radius 3 is 2.37 bits per heavy atom. The lowest BCUT2D eigenvalue weighted by Crippen LogP contribution is -2.18. The number of aromatic nitrogens is 1. The molecule has 0 unspecified atom stereocenters. The number of halogens is 1. The molecule has 2 N–H and O–H groups in total. The van der Waals surface area contributed by atoms with Crippen LogP contribution in [0.1, 0.15) is 58.5 Å². The Kier molecular flexibility index (Phi) is 7.45. The molecule has 0 saturated carbocycles. The Balaban J connectivity index is 1.39. The summed E-state index contributed by atoms with van der Waals surface area (Å²) in [5.74, 6) is 0.396. The number of aryl methyl sites for hydroxylation is 1. The summed E-state index contributed by atoms with van der Waals surface area (Å²) in [6.07, 6.45) is 2.99. The number of furan rings is 1. The first kappa shape index (κ1) is 28.5. The standard InChI is InChI=1S/C37H33ClN2O3/c1-22-8-10-23(11-9-22)34-32(36(42)39-4)30-21-29(33-28(17-19-40-33)35(30)43-34)24-6-5-7-25(20-24)31(41)16-18-37(2,3)26-12-14-27(38)15-13-26/h5-15,17,19-21,40H,16,18H2,1-4H3,(H,39,42). The summed E-state index contributed by atoms with van der Waals surface area (Å²) < 4.78 is 6.44. The highest BCUT2D eigenvalue weighted by Crippen LogP contribution is 2.41. The molecule has 0 radical (unpaired) electrons. The van der Waals surface area contributed by atoms with E-state index < -0.39 is 0 Å². The number of rotatable bonds is 8. The van der Waals surface area contributed by atoms with Gasteiger partial charge in [-0.1, -0.05) is 85.6 Å². The molecule has 0 atom stereocenters. The molecule has 6 rings (SSSR count). The highest BCUT2D eigenvalue weighted by molar-refractivity contribution is 6.30. The molecule has 6 aromatic rings. The first-order chi connectivity index (χ1) is 20.7. The summed E-state index contributed by atoms with van der Waals surface area (Å²) in [4.78, 5) is 30.1. The van der Waals surface area contributed by atoms with E-state index in [0.717, 1.165) is 44.1 Å². The van der Waals surface area contributed by atoms with Gasteiger partial charge in [-0.2, -0.15) is 0 Å². The van der Waals surface area contributed by atoms with E-state index in [9.17, 15) is 9.59 Å². The molecule has 0 bridgehead atoms. The number of carbonyl (C=O) groups is 2. The van der Waals surface area contributed by atoms with E-state index in [1.165, 1.54) is 0 Å². The van der Waals surface area contributed by atoms with Gasteiger partial charge in [0.05, 0.1) is 11.1 Å². The zero-order valence-corrected chi connectivity index (χ0v) is 25.4. The van der Waals surface area contributed by atoms with E-state index in [0.29, 0.717) is 40.3 Å². The van der Waals surface area contributed by atoms with Crippen LogP contribution >= 0.6 is 11.6 Å². The lowest BCUT2D eigenvalue weighted by Gasteiger charge is -2.25. The van der Waals surface area contributed by atoms with Crippen molar-refractivity contribution in [3.05, 3.63) is 118 Å². The molecular formula is C37H33ClN2O3. The van der Waals surface area contributed by atoms with Gasteiger partial charge in [0.2, 0.25) is 0 Å². The zero-order valence-electron chi connectivity index (χ0n) is 24.7. The highest BCUT2D eigenvalue weighted by atomic mass is 35.5. The van der Waals surface area contributed by atoms with Gasteiger partial charge in [0.25, 0.3) is 5.91 Å². The number of H-pyrrole nitrogens is 1. The summed E-state index contributed by atoms with van der Waals surface area (Å²) >= 11 is 6.08. The smallest absolute Gasteiger partial charge is 0.255 e. The molecule has 0 aliphatic heterocycles.